The van der Waals surface area contributed by atoms with Crippen molar-refractivity contribution in [3.8, 4) is 17.2 Å². The molecule has 0 radical (unpaired) electrons. The first-order valence-electron chi connectivity index (χ1n) is 23.1. The van der Waals surface area contributed by atoms with E-state index in [4.69, 9.17) is 14.1 Å². The minimum Gasteiger partial charge on any atom is -0.495 e. The summed E-state index contributed by atoms with van der Waals surface area (Å²) < 4.78 is 11.9. The highest BCUT2D eigenvalue weighted by molar-refractivity contribution is 6.04. The van der Waals surface area contributed by atoms with Gasteiger partial charge in [0.2, 0.25) is 35.5 Å². The van der Waals surface area contributed by atoms with Crippen molar-refractivity contribution in [3.63, 3.8) is 0 Å². The molecule has 16 heteroatoms. The maximum absolute atomic E-state index is 13.3. The average molecular weight is 860 g/mol. The van der Waals surface area contributed by atoms with Crippen LogP contribution in [0, 0.1) is 0 Å². The first-order chi connectivity index (χ1) is 30.7. The molecule has 0 spiro atoms. The number of nitrogens with one attached hydrogen (secondary N) is 4. The fraction of sp³-hybridized carbons (Fsp3) is 0.553. The molecule has 2 atom stereocenters. The van der Waals surface area contributed by atoms with Crippen molar-refractivity contribution in [2.75, 3.05) is 42.4 Å². The van der Waals surface area contributed by atoms with E-state index in [1.54, 1.807) is 18.2 Å². The van der Waals surface area contributed by atoms with E-state index in [2.05, 4.69) is 65.3 Å². The lowest BCUT2D eigenvalue weighted by molar-refractivity contribution is -0.134. The number of hydrogen-bond donors (Lipinski definition) is 4. The molecule has 16 nitrogen and oxygen atoms in total. The second kappa shape index (κ2) is 19.1. The monoisotopic (exact) mass is 859 g/mol. The van der Waals surface area contributed by atoms with Crippen LogP contribution in [0.2, 0.25) is 0 Å². The van der Waals surface area contributed by atoms with Crippen LogP contribution in [-0.4, -0.2) is 100 Å². The molecule has 0 bridgehead atoms. The molecule has 3 amide bonds. The van der Waals surface area contributed by atoms with Gasteiger partial charge in [-0.2, -0.15) is 4.98 Å². The van der Waals surface area contributed by atoms with E-state index in [-0.39, 0.29) is 35.7 Å². The van der Waals surface area contributed by atoms with E-state index in [0.717, 1.165) is 93.6 Å². The SMILES string of the molecule is CC[C@@H]1C(=O)N(C)c2cnc(Nc3ccc(-c4nnc(CNC5CCC(N6CCC(NCc7ccc(C8CCC(=O)NC8=O)cc7)CC6)CC5)o4)cc3OC)nc2N1C1CCCC1. The minimum absolute atomic E-state index is 0.0889. The van der Waals surface area contributed by atoms with Crippen LogP contribution in [0.1, 0.15) is 113 Å². The summed E-state index contributed by atoms with van der Waals surface area (Å²) in [4.78, 5) is 53.3. The van der Waals surface area contributed by atoms with Gasteiger partial charge in [-0.3, -0.25) is 19.7 Å². The molecular formula is C47H61N11O5. The van der Waals surface area contributed by atoms with Gasteiger partial charge in [0.1, 0.15) is 17.5 Å². The zero-order chi connectivity index (χ0) is 43.5. The van der Waals surface area contributed by atoms with Crippen LogP contribution in [-0.2, 0) is 27.5 Å². The van der Waals surface area contributed by atoms with Gasteiger partial charge in [0.05, 0.1) is 31.5 Å². The van der Waals surface area contributed by atoms with Crippen molar-refractivity contribution in [3.05, 3.63) is 65.7 Å². The summed E-state index contributed by atoms with van der Waals surface area (Å²) >= 11 is 0. The number of carbonyl (C=O) groups excluding carboxylic acids is 3. The summed E-state index contributed by atoms with van der Waals surface area (Å²) in [6.07, 6.45) is 14.7. The number of nitrogens with zero attached hydrogens (tertiary/aromatic N) is 7. The largest absolute Gasteiger partial charge is 0.495 e. The third-order valence-corrected chi connectivity index (χ3v) is 14.1. The predicted molar refractivity (Wildman–Crippen MR) is 240 cm³/mol. The topological polar surface area (TPSA) is 183 Å². The zero-order valence-electron chi connectivity index (χ0n) is 36.8. The Hall–Kier alpha value is -5.45. The Morgan fingerprint density at radius 2 is 1.60 bits per heavy atom. The van der Waals surface area contributed by atoms with Gasteiger partial charge in [-0.15, -0.1) is 10.2 Å². The number of fused-ring (bicyclic) bond motifs is 1. The second-order valence-electron chi connectivity index (χ2n) is 17.9. The minimum atomic E-state index is -0.241. The summed E-state index contributed by atoms with van der Waals surface area (Å²) in [7, 11) is 3.43. The zero-order valence-corrected chi connectivity index (χ0v) is 36.8. The Morgan fingerprint density at radius 3 is 2.33 bits per heavy atom. The van der Waals surface area contributed by atoms with Crippen molar-refractivity contribution in [2.45, 2.75) is 140 Å². The van der Waals surface area contributed by atoms with Gasteiger partial charge < -0.3 is 39.8 Å². The summed E-state index contributed by atoms with van der Waals surface area (Å²) in [5.74, 6) is 2.27. The van der Waals surface area contributed by atoms with Gasteiger partial charge in [-0.25, -0.2) is 4.98 Å². The molecule has 2 aromatic heterocycles. The van der Waals surface area contributed by atoms with Crippen LogP contribution < -0.4 is 35.8 Å². The molecule has 4 aromatic rings. The molecular weight excluding hydrogens is 799 g/mol. The molecule has 334 valence electrons. The molecule has 1 unspecified atom stereocenters. The number of likely N-dealkylation sites (tertiary alicyclic amines) is 1. The maximum atomic E-state index is 13.3. The van der Waals surface area contributed by atoms with Crippen LogP contribution >= 0.6 is 0 Å². The number of aromatic nitrogens is 4. The van der Waals surface area contributed by atoms with Crippen molar-refractivity contribution in [2.24, 2.45) is 0 Å². The Kier molecular flexibility index (Phi) is 13.0. The van der Waals surface area contributed by atoms with Crippen molar-refractivity contribution < 1.29 is 23.5 Å². The molecule has 2 saturated carbocycles. The highest BCUT2D eigenvalue weighted by Crippen LogP contribution is 2.41. The van der Waals surface area contributed by atoms with Crippen molar-refractivity contribution in [1.29, 1.82) is 0 Å². The molecule has 5 heterocycles. The molecule has 2 aromatic carbocycles. The van der Waals surface area contributed by atoms with E-state index < -0.39 is 0 Å². The fourth-order valence-electron chi connectivity index (χ4n) is 10.4. The number of anilines is 4. The Bertz CT molecular complexity index is 2250. The first kappa shape index (κ1) is 42.8. The molecule has 2 aliphatic carbocycles. The number of methoxy groups -OCH3 is 1. The van der Waals surface area contributed by atoms with Crippen molar-refractivity contribution in [1.82, 2.24) is 41.0 Å². The number of piperidine rings is 2. The third kappa shape index (κ3) is 9.43. The highest BCUT2D eigenvalue weighted by Gasteiger charge is 2.41. The molecule has 5 aliphatic rings. The lowest BCUT2D eigenvalue weighted by Gasteiger charge is -2.43. The van der Waals surface area contributed by atoms with Crippen LogP contribution in [0.25, 0.3) is 11.5 Å². The summed E-state index contributed by atoms with van der Waals surface area (Å²) in [6.45, 7) is 5.62. The number of likely N-dealkylation sites (N-methyl/N-ethyl adjacent to an activating group) is 1. The molecule has 2 saturated heterocycles. The van der Waals surface area contributed by atoms with Gasteiger partial charge >= 0.3 is 0 Å². The smallest absolute Gasteiger partial charge is 0.249 e. The number of rotatable bonds is 14. The number of hydrogen-bond acceptors (Lipinski definition) is 14. The van der Waals surface area contributed by atoms with E-state index in [1.165, 1.54) is 18.4 Å². The number of imide groups is 1. The number of ether oxygens (including phenoxy) is 1. The standard InChI is InChI=1S/C47H61N11O5/c1-4-38-46(61)56(2)39-27-50-47(53-43(39)58(38)35-7-5-6-8-35)51-37-19-13-31(25-40(37)62-3)45-55-54-42(63-45)28-49-32-14-16-34(17-15-32)57-23-21-33(22-24-57)48-26-29-9-11-30(12-10-29)36-18-20-41(59)52-44(36)60/h9-13,19,25,27,32-36,38,48-49H,4-8,14-18,20-24,26,28H2,1-3H3,(H,50,51,53)(H,52,59,60)/t32?,34?,36?,38-/m1/s1. The lowest BCUT2D eigenvalue weighted by Crippen LogP contribution is -2.55. The van der Waals surface area contributed by atoms with Crippen LogP contribution in [0.3, 0.4) is 0 Å². The average Bonchev–Trinajstić information content (AvgIpc) is 4.03. The highest BCUT2D eigenvalue weighted by atomic mass is 16.5. The van der Waals surface area contributed by atoms with E-state index in [1.807, 2.05) is 37.4 Å². The number of benzene rings is 2. The summed E-state index contributed by atoms with van der Waals surface area (Å²) in [5, 5.41) is 22.0. The molecule has 9 rings (SSSR count). The van der Waals surface area contributed by atoms with Gasteiger partial charge in [0, 0.05) is 49.7 Å². The predicted octanol–water partition coefficient (Wildman–Crippen LogP) is 5.96. The number of carbonyl (C=O) groups is 3. The normalized spacial score (nSPS) is 23.8. The van der Waals surface area contributed by atoms with E-state index >= 15 is 0 Å². The third-order valence-electron chi connectivity index (χ3n) is 14.1. The summed E-state index contributed by atoms with van der Waals surface area (Å²) in [6, 6.07) is 15.5. The van der Waals surface area contributed by atoms with E-state index in [9.17, 15) is 14.4 Å². The van der Waals surface area contributed by atoms with Gasteiger partial charge in [0.25, 0.3) is 0 Å². The molecule has 3 aliphatic heterocycles. The molecule has 4 N–H and O–H groups in total. The Balaban J connectivity index is 0.725. The Labute approximate surface area is 369 Å². The number of amides is 3. The van der Waals surface area contributed by atoms with Crippen molar-refractivity contribution >= 4 is 40.9 Å². The summed E-state index contributed by atoms with van der Waals surface area (Å²) in [5.41, 5.74) is 4.37. The maximum Gasteiger partial charge on any atom is 0.249 e. The lowest BCUT2D eigenvalue weighted by atomic mass is 9.88. The quantitative estimate of drug-likeness (QED) is 0.109. The molecule has 63 heavy (non-hydrogen) atoms. The fourth-order valence-corrected chi connectivity index (χ4v) is 10.4. The van der Waals surface area contributed by atoms with Gasteiger partial charge in [-0.05, 0) is 107 Å². The molecule has 4 fully saturated rings. The van der Waals surface area contributed by atoms with Gasteiger partial charge in [-0.1, -0.05) is 44.0 Å². The van der Waals surface area contributed by atoms with E-state index in [0.29, 0.717) is 73.1 Å². The van der Waals surface area contributed by atoms with Crippen LogP contribution in [0.15, 0.2) is 53.1 Å². The van der Waals surface area contributed by atoms with Gasteiger partial charge in [0.15, 0.2) is 5.82 Å². The second-order valence-corrected chi connectivity index (χ2v) is 17.9. The van der Waals surface area contributed by atoms with Crippen LogP contribution in [0.5, 0.6) is 5.75 Å². The Morgan fingerprint density at radius 1 is 0.857 bits per heavy atom. The van der Waals surface area contributed by atoms with Crippen LogP contribution in [0.4, 0.5) is 23.1 Å². The first-order valence-corrected chi connectivity index (χ1v) is 23.1.